The van der Waals surface area contributed by atoms with Gasteiger partial charge in [0.1, 0.15) is 5.60 Å². The maximum atomic E-state index is 12.5. The van der Waals surface area contributed by atoms with Crippen LogP contribution in [0.3, 0.4) is 0 Å². The number of carbonyl (C=O) groups excluding carboxylic acids is 2. The average molecular weight is 422 g/mol. The average Bonchev–Trinajstić information content (AvgIpc) is 2.94. The smallest absolute Gasteiger partial charge is 0.444 e. The summed E-state index contributed by atoms with van der Waals surface area (Å²) in [5.41, 5.74) is -0.637. The monoisotopic (exact) mass is 422 g/mol. The van der Waals surface area contributed by atoms with Gasteiger partial charge in [0.15, 0.2) is 0 Å². The number of alkyl carbamates (subject to hydrolysis) is 1. The molecule has 0 aromatic carbocycles. The summed E-state index contributed by atoms with van der Waals surface area (Å²) in [7, 11) is -0.469. The molecule has 1 unspecified atom stereocenters. The van der Waals surface area contributed by atoms with Gasteiger partial charge in [0, 0.05) is 0 Å². The molecule has 3 saturated carbocycles. The Bertz CT molecular complexity index is 677. The number of amides is 2. The van der Waals surface area contributed by atoms with Crippen LogP contribution in [0.25, 0.3) is 0 Å². The number of nitrogens with one attached hydrogen (secondary N) is 2. The highest BCUT2D eigenvalue weighted by Crippen LogP contribution is 2.65. The molecule has 5 atom stereocenters. The van der Waals surface area contributed by atoms with Gasteiger partial charge in [-0.1, -0.05) is 27.7 Å². The maximum absolute atomic E-state index is 12.5. The summed E-state index contributed by atoms with van der Waals surface area (Å²) in [5, 5.41) is 5.54. The molecule has 2 amide bonds. The van der Waals surface area contributed by atoms with Crippen molar-refractivity contribution in [1.82, 2.24) is 10.6 Å². The van der Waals surface area contributed by atoms with E-state index in [-0.39, 0.29) is 35.5 Å². The van der Waals surface area contributed by atoms with Crippen molar-refractivity contribution in [3.05, 3.63) is 0 Å². The standard InChI is InChI=1S/C22H39BN2O5/c1-13(2)9-17(25-18(26)12-24-19(27)28-20(3,4)5)23-29-16-11-14-10-15(21(14,6)7)22(16,8)30-23/h13-17H,9-12H2,1-8H3,(H,24,27)(H,25,26)/t14-,15-,16?,17-,22-/m0/s1. The zero-order valence-electron chi connectivity index (χ0n) is 19.8. The van der Waals surface area contributed by atoms with Crippen LogP contribution in [0.15, 0.2) is 0 Å². The fourth-order valence-electron chi connectivity index (χ4n) is 5.54. The predicted octanol–water partition coefficient (Wildman–Crippen LogP) is 3.31. The lowest BCUT2D eigenvalue weighted by Gasteiger charge is -2.64. The van der Waals surface area contributed by atoms with Gasteiger partial charge in [0.05, 0.1) is 24.2 Å². The fraction of sp³-hybridized carbons (Fsp3) is 0.909. The quantitative estimate of drug-likeness (QED) is 0.642. The minimum atomic E-state index is -0.605. The molecule has 7 nitrogen and oxygen atoms in total. The van der Waals surface area contributed by atoms with Gasteiger partial charge < -0.3 is 24.7 Å². The number of hydrogen-bond acceptors (Lipinski definition) is 5. The van der Waals surface area contributed by atoms with Crippen LogP contribution in [0.1, 0.15) is 74.7 Å². The molecule has 0 spiro atoms. The highest BCUT2D eigenvalue weighted by molar-refractivity contribution is 6.47. The number of ether oxygens (including phenoxy) is 1. The molecule has 2 N–H and O–H groups in total. The molecule has 4 rings (SSSR count). The maximum Gasteiger partial charge on any atom is 0.481 e. The molecule has 1 aliphatic heterocycles. The van der Waals surface area contributed by atoms with Gasteiger partial charge in [0.25, 0.3) is 0 Å². The predicted molar refractivity (Wildman–Crippen MR) is 116 cm³/mol. The van der Waals surface area contributed by atoms with Crippen molar-refractivity contribution in [2.75, 3.05) is 6.54 Å². The zero-order valence-corrected chi connectivity index (χ0v) is 19.8. The van der Waals surface area contributed by atoms with Gasteiger partial charge in [-0.25, -0.2) is 4.79 Å². The van der Waals surface area contributed by atoms with E-state index in [9.17, 15) is 9.59 Å². The van der Waals surface area contributed by atoms with Crippen LogP contribution in [0.5, 0.6) is 0 Å². The Hall–Kier alpha value is -1.28. The Morgan fingerprint density at radius 1 is 1.20 bits per heavy atom. The van der Waals surface area contributed by atoms with E-state index in [1.807, 2.05) is 0 Å². The first-order chi connectivity index (χ1) is 13.7. The summed E-state index contributed by atoms with van der Waals surface area (Å²) < 4.78 is 18.1. The first kappa shape index (κ1) is 23.4. The molecule has 1 heterocycles. The van der Waals surface area contributed by atoms with E-state index in [2.05, 4.69) is 45.3 Å². The normalized spacial score (nSPS) is 32.8. The lowest BCUT2D eigenvalue weighted by molar-refractivity contribution is -0.199. The summed E-state index contributed by atoms with van der Waals surface area (Å²) in [4.78, 5) is 24.4. The number of rotatable bonds is 6. The highest BCUT2D eigenvalue weighted by atomic mass is 16.7. The first-order valence-corrected chi connectivity index (χ1v) is 11.3. The van der Waals surface area contributed by atoms with Crippen LogP contribution >= 0.6 is 0 Å². The highest BCUT2D eigenvalue weighted by Gasteiger charge is 2.68. The summed E-state index contributed by atoms with van der Waals surface area (Å²) in [6.07, 6.45) is 2.41. The lowest BCUT2D eigenvalue weighted by Crippen LogP contribution is -2.65. The van der Waals surface area contributed by atoms with Crippen LogP contribution < -0.4 is 10.6 Å². The Balaban J connectivity index is 1.60. The van der Waals surface area contributed by atoms with Crippen molar-refractivity contribution in [2.45, 2.75) is 97.9 Å². The minimum Gasteiger partial charge on any atom is -0.444 e. The summed E-state index contributed by atoms with van der Waals surface area (Å²) >= 11 is 0. The second-order valence-corrected chi connectivity index (χ2v) is 11.5. The van der Waals surface area contributed by atoms with Crippen molar-refractivity contribution < 1.29 is 23.6 Å². The Labute approximate surface area is 181 Å². The van der Waals surface area contributed by atoms with Crippen LogP contribution in [0.2, 0.25) is 0 Å². The lowest BCUT2D eigenvalue weighted by atomic mass is 9.43. The van der Waals surface area contributed by atoms with E-state index in [0.717, 1.165) is 12.8 Å². The van der Waals surface area contributed by atoms with E-state index in [0.29, 0.717) is 17.8 Å². The fourth-order valence-corrected chi connectivity index (χ4v) is 5.54. The van der Waals surface area contributed by atoms with Crippen LogP contribution in [-0.2, 0) is 18.8 Å². The SMILES string of the molecule is CC(C)C[C@H](NC(=O)CNC(=O)OC(C)(C)C)B1OC2C[C@@H]3C[C@@H](C3(C)C)[C@]2(C)O1. The summed E-state index contributed by atoms with van der Waals surface area (Å²) in [6.45, 7) is 16.3. The van der Waals surface area contributed by atoms with Crippen LogP contribution in [0, 0.1) is 23.2 Å². The van der Waals surface area contributed by atoms with Gasteiger partial charge >= 0.3 is 13.2 Å². The zero-order chi connectivity index (χ0) is 22.5. The molecule has 4 aliphatic rings. The largest absolute Gasteiger partial charge is 0.481 e. The molecule has 0 radical (unpaired) electrons. The number of hydrogen-bond donors (Lipinski definition) is 2. The van der Waals surface area contributed by atoms with Crippen molar-refractivity contribution in [3.63, 3.8) is 0 Å². The van der Waals surface area contributed by atoms with E-state index in [1.54, 1.807) is 20.8 Å². The summed E-state index contributed by atoms with van der Waals surface area (Å²) in [5.74, 6) is 0.980. The molecule has 2 bridgehead atoms. The third kappa shape index (κ3) is 4.64. The molecule has 30 heavy (non-hydrogen) atoms. The molecular formula is C22H39BN2O5. The Morgan fingerprint density at radius 3 is 2.43 bits per heavy atom. The van der Waals surface area contributed by atoms with E-state index in [4.69, 9.17) is 14.0 Å². The molecule has 170 valence electrons. The van der Waals surface area contributed by atoms with E-state index < -0.39 is 18.8 Å². The summed E-state index contributed by atoms with van der Waals surface area (Å²) in [6, 6.07) is 0. The third-order valence-corrected chi connectivity index (χ3v) is 7.16. The molecule has 1 saturated heterocycles. The van der Waals surface area contributed by atoms with Gasteiger partial charge in [0.2, 0.25) is 5.91 Å². The van der Waals surface area contributed by atoms with Gasteiger partial charge in [-0.15, -0.1) is 0 Å². The molecule has 4 fully saturated rings. The topological polar surface area (TPSA) is 85.9 Å². The molecular weight excluding hydrogens is 383 g/mol. The van der Waals surface area contributed by atoms with Crippen molar-refractivity contribution >= 4 is 19.1 Å². The van der Waals surface area contributed by atoms with Crippen molar-refractivity contribution in [2.24, 2.45) is 23.2 Å². The van der Waals surface area contributed by atoms with E-state index in [1.165, 1.54) is 6.42 Å². The minimum absolute atomic E-state index is 0.0747. The van der Waals surface area contributed by atoms with Crippen LogP contribution in [-0.4, -0.2) is 48.9 Å². The molecule has 8 heteroatoms. The van der Waals surface area contributed by atoms with Gasteiger partial charge in [-0.05, 0) is 70.1 Å². The second-order valence-electron chi connectivity index (χ2n) is 11.5. The molecule has 3 aliphatic carbocycles. The Kier molecular flexibility index (Phi) is 6.24. The first-order valence-electron chi connectivity index (χ1n) is 11.3. The Morgan fingerprint density at radius 2 is 1.87 bits per heavy atom. The van der Waals surface area contributed by atoms with Crippen molar-refractivity contribution in [1.29, 1.82) is 0 Å². The molecule has 0 aromatic rings. The van der Waals surface area contributed by atoms with E-state index >= 15 is 0 Å². The van der Waals surface area contributed by atoms with Crippen LogP contribution in [0.4, 0.5) is 4.79 Å². The second kappa shape index (κ2) is 8.01. The molecule has 0 aromatic heterocycles. The van der Waals surface area contributed by atoms with Crippen molar-refractivity contribution in [3.8, 4) is 0 Å². The van der Waals surface area contributed by atoms with Gasteiger partial charge in [-0.3, -0.25) is 4.79 Å². The third-order valence-electron chi connectivity index (χ3n) is 7.16. The number of carbonyl (C=O) groups is 2. The van der Waals surface area contributed by atoms with Gasteiger partial charge in [-0.2, -0.15) is 0 Å².